The monoisotopic (exact) mass is 442 g/mol. The van der Waals surface area contributed by atoms with Crippen molar-refractivity contribution in [1.82, 2.24) is 9.78 Å². The van der Waals surface area contributed by atoms with Gasteiger partial charge in [-0.05, 0) is 91.8 Å². The molecule has 1 aromatic rings. The summed E-state index contributed by atoms with van der Waals surface area (Å²) in [4.78, 5) is 13.3. The van der Waals surface area contributed by atoms with Crippen LogP contribution in [-0.2, 0) is 17.9 Å². The first kappa shape index (κ1) is 24.0. The Hall–Kier alpha value is -1.16. The van der Waals surface area contributed by atoms with Crippen molar-refractivity contribution in [3.63, 3.8) is 0 Å². The Morgan fingerprint density at radius 3 is 2.50 bits per heavy atom. The van der Waals surface area contributed by atoms with Gasteiger partial charge in [-0.2, -0.15) is 5.10 Å². The average molecular weight is 443 g/mol. The predicted octanol–water partition coefficient (Wildman–Crippen LogP) is 6.27. The van der Waals surface area contributed by atoms with E-state index in [0.717, 1.165) is 41.6 Å². The van der Waals surface area contributed by atoms with Gasteiger partial charge >= 0.3 is 0 Å². The van der Waals surface area contributed by atoms with Crippen molar-refractivity contribution >= 4 is 5.78 Å². The first-order valence-corrected chi connectivity index (χ1v) is 13.5. The maximum atomic E-state index is 13.3. The Morgan fingerprint density at radius 2 is 1.78 bits per heavy atom. The van der Waals surface area contributed by atoms with Gasteiger partial charge in [0.2, 0.25) is 0 Å². The number of nitrogens with zero attached hydrogens (tertiary/aromatic N) is 2. The van der Waals surface area contributed by atoms with Gasteiger partial charge in [-0.1, -0.05) is 41.0 Å². The molecule has 32 heavy (non-hydrogen) atoms. The number of aliphatic hydroxyl groups is 1. The van der Waals surface area contributed by atoms with Gasteiger partial charge in [-0.3, -0.25) is 9.48 Å². The highest BCUT2D eigenvalue weighted by Crippen LogP contribution is 2.67. The Labute approximate surface area is 195 Å². The Balaban J connectivity index is 0.00000119. The number of rotatable bonds is 4. The van der Waals surface area contributed by atoms with Gasteiger partial charge in [0.15, 0.2) is 5.78 Å². The van der Waals surface area contributed by atoms with Crippen molar-refractivity contribution < 1.29 is 9.90 Å². The third-order valence-electron chi connectivity index (χ3n) is 10.5. The lowest BCUT2D eigenvalue weighted by atomic mass is 9.44. The number of fused-ring (bicyclic) bond motifs is 5. The van der Waals surface area contributed by atoms with Gasteiger partial charge in [0.05, 0.1) is 19.3 Å². The van der Waals surface area contributed by atoms with Gasteiger partial charge in [0.25, 0.3) is 0 Å². The zero-order valence-electron chi connectivity index (χ0n) is 21.1. The summed E-state index contributed by atoms with van der Waals surface area (Å²) in [5.41, 5.74) is 1.51. The van der Waals surface area contributed by atoms with Crippen LogP contribution in [0.3, 0.4) is 0 Å². The highest BCUT2D eigenvalue weighted by molar-refractivity contribution is 5.82. The van der Waals surface area contributed by atoms with Crippen molar-refractivity contribution in [2.24, 2.45) is 46.3 Å². The minimum atomic E-state index is -0.0149. The van der Waals surface area contributed by atoms with Crippen LogP contribution in [0.25, 0.3) is 0 Å². The number of hydrogen-bond donors (Lipinski definition) is 1. The Bertz CT molecular complexity index is 803. The number of hydrogen-bond acceptors (Lipinski definition) is 3. The second-order valence-corrected chi connectivity index (χ2v) is 11.9. The highest BCUT2D eigenvalue weighted by Gasteiger charge is 2.60. The summed E-state index contributed by atoms with van der Waals surface area (Å²) < 4.78 is 1.73. The van der Waals surface area contributed by atoms with Gasteiger partial charge < -0.3 is 5.11 Å². The first-order valence-electron chi connectivity index (χ1n) is 13.5. The van der Waals surface area contributed by atoms with Crippen LogP contribution in [0.5, 0.6) is 0 Å². The largest absolute Gasteiger partial charge is 0.392 e. The molecule has 8 atom stereocenters. The molecule has 1 aromatic heterocycles. The average Bonchev–Trinajstić information content (AvgIpc) is 3.39. The van der Waals surface area contributed by atoms with Crippen molar-refractivity contribution in [2.75, 3.05) is 0 Å². The molecule has 180 valence electrons. The number of aliphatic hydroxyl groups excluding tert-OH is 1. The molecule has 7 unspecified atom stereocenters. The molecule has 1 heterocycles. The Morgan fingerprint density at radius 1 is 1.06 bits per heavy atom. The molecule has 0 bridgehead atoms. The molecule has 0 radical (unpaired) electrons. The van der Waals surface area contributed by atoms with Gasteiger partial charge in [0, 0.05) is 17.7 Å². The van der Waals surface area contributed by atoms with Crippen LogP contribution >= 0.6 is 0 Å². The van der Waals surface area contributed by atoms with Crippen molar-refractivity contribution in [3.05, 3.63) is 18.0 Å². The van der Waals surface area contributed by atoms with Crippen LogP contribution in [0.2, 0.25) is 0 Å². The molecule has 0 aromatic carbocycles. The van der Waals surface area contributed by atoms with Crippen LogP contribution in [0.15, 0.2) is 12.4 Å². The summed E-state index contributed by atoms with van der Waals surface area (Å²) >= 11 is 0. The molecule has 4 saturated carbocycles. The van der Waals surface area contributed by atoms with Crippen molar-refractivity contribution in [2.45, 2.75) is 106 Å². The molecule has 0 spiro atoms. The van der Waals surface area contributed by atoms with E-state index in [1.54, 1.807) is 10.9 Å². The molecule has 0 amide bonds. The molecule has 0 saturated heterocycles. The van der Waals surface area contributed by atoms with Crippen molar-refractivity contribution in [1.29, 1.82) is 0 Å². The van der Waals surface area contributed by atoms with Crippen LogP contribution < -0.4 is 0 Å². The molecule has 0 aliphatic heterocycles. The van der Waals surface area contributed by atoms with E-state index in [9.17, 15) is 9.90 Å². The second kappa shape index (κ2) is 9.24. The molecule has 4 heteroatoms. The fourth-order valence-corrected chi connectivity index (χ4v) is 8.85. The van der Waals surface area contributed by atoms with Gasteiger partial charge in [-0.15, -0.1) is 0 Å². The van der Waals surface area contributed by atoms with Gasteiger partial charge in [0.1, 0.15) is 0 Å². The van der Waals surface area contributed by atoms with Gasteiger partial charge in [-0.25, -0.2) is 0 Å². The third-order valence-corrected chi connectivity index (χ3v) is 10.5. The zero-order valence-corrected chi connectivity index (χ0v) is 21.1. The smallest absolute Gasteiger partial charge is 0.157 e. The van der Waals surface area contributed by atoms with Crippen LogP contribution in [0, 0.1) is 46.3 Å². The fourth-order valence-electron chi connectivity index (χ4n) is 8.85. The molecular weight excluding hydrogens is 396 g/mol. The fraction of sp³-hybridized carbons (Fsp3) is 0.857. The first-order chi connectivity index (χ1) is 15.3. The zero-order chi connectivity index (χ0) is 23.1. The lowest BCUT2D eigenvalue weighted by Gasteiger charge is -2.61. The lowest BCUT2D eigenvalue weighted by Crippen LogP contribution is -2.53. The number of ketones is 1. The minimum Gasteiger partial charge on any atom is -0.392 e. The molecular formula is C28H46N2O2. The van der Waals surface area contributed by atoms with Crippen LogP contribution in [0.4, 0.5) is 0 Å². The van der Waals surface area contributed by atoms with Crippen LogP contribution in [-0.4, -0.2) is 20.7 Å². The van der Waals surface area contributed by atoms with E-state index in [0.29, 0.717) is 17.7 Å². The van der Waals surface area contributed by atoms with E-state index < -0.39 is 0 Å². The van der Waals surface area contributed by atoms with E-state index in [4.69, 9.17) is 0 Å². The maximum absolute atomic E-state index is 13.3. The summed E-state index contributed by atoms with van der Waals surface area (Å²) in [6.45, 7) is 11.9. The number of Topliss-reactive ketones (excluding diaryl/α,β-unsaturated/α-hetero) is 1. The molecule has 4 aliphatic carbocycles. The summed E-state index contributed by atoms with van der Waals surface area (Å²) in [6.07, 6.45) is 15.5. The summed E-state index contributed by atoms with van der Waals surface area (Å²) in [5, 5.41) is 13.6. The van der Waals surface area contributed by atoms with Crippen molar-refractivity contribution in [3.8, 4) is 0 Å². The van der Waals surface area contributed by atoms with E-state index in [1.807, 2.05) is 20.0 Å². The number of carbonyl (C=O) groups excluding carboxylic acids is 1. The highest BCUT2D eigenvalue weighted by atomic mass is 16.3. The summed E-state index contributed by atoms with van der Waals surface area (Å²) in [5.74, 6) is 4.84. The predicted molar refractivity (Wildman–Crippen MR) is 129 cm³/mol. The normalized spacial score (nSPS) is 42.8. The molecule has 4 aliphatic rings. The molecule has 4 nitrogen and oxygen atoms in total. The standard InChI is InChI=1S/C26H40N2O2.C2H6/c1-17-8-10-25(2)19(12-17)4-5-20-21-6-7-23(26(21,3)11-9-22(20)25)24(30)15-28-14-18(16-29)13-27-28;1-2/h13-14,17,19-23,29H,4-12,15-16H2,1-3H3;1-2H3/t17?,19?,20?,21?,22?,23-,25?,26?;/m1./s1. The van der Waals surface area contributed by atoms with Crippen LogP contribution in [0.1, 0.15) is 98.0 Å². The number of aromatic nitrogens is 2. The minimum absolute atomic E-state index is 0.0149. The van der Waals surface area contributed by atoms with E-state index in [1.165, 1.54) is 51.4 Å². The SMILES string of the molecule is CC.CC1CCC2(C)C(CCC3C2CCC2(C)C3CC[C@@H]2C(=O)Cn2cc(CO)cn2)C1. The van der Waals surface area contributed by atoms with E-state index >= 15 is 0 Å². The number of carbonyl (C=O) groups is 1. The maximum Gasteiger partial charge on any atom is 0.157 e. The second-order valence-electron chi connectivity index (χ2n) is 11.9. The molecule has 1 N–H and O–H groups in total. The molecule has 4 fully saturated rings. The topological polar surface area (TPSA) is 55.1 Å². The quantitative estimate of drug-likeness (QED) is 0.598. The molecule has 5 rings (SSSR count). The Kier molecular flexibility index (Phi) is 6.92. The van der Waals surface area contributed by atoms with E-state index in [2.05, 4.69) is 25.9 Å². The van der Waals surface area contributed by atoms with E-state index in [-0.39, 0.29) is 17.9 Å². The lowest BCUT2D eigenvalue weighted by molar-refractivity contribution is -0.137. The summed E-state index contributed by atoms with van der Waals surface area (Å²) in [7, 11) is 0. The summed E-state index contributed by atoms with van der Waals surface area (Å²) in [6, 6.07) is 0. The third kappa shape index (κ3) is 3.89.